The summed E-state index contributed by atoms with van der Waals surface area (Å²) in [4.78, 5) is 34.9. The van der Waals surface area contributed by atoms with Crippen molar-refractivity contribution >= 4 is 47.9 Å². The molecule has 0 aromatic heterocycles. The number of nitrogens with two attached hydrogens (primary N) is 1. The van der Waals surface area contributed by atoms with Gasteiger partial charge < -0.3 is 21.5 Å². The van der Waals surface area contributed by atoms with Gasteiger partial charge in [-0.15, -0.1) is 0 Å². The number of rotatable bonds is 9. The topological polar surface area (TPSA) is 122 Å². The molecule has 9 heteroatoms. The van der Waals surface area contributed by atoms with Gasteiger partial charge in [-0.25, -0.2) is 4.79 Å². The molecule has 0 aliphatic carbocycles. The largest absolute Gasteiger partial charge is 0.480 e. The number of carbonyl (C=O) groups excluding carboxylic acids is 2. The standard InChI is InChI=1S/C15H21N3O4S2/c1-24-7-6-12(15(21)22)18-13(19)9-2-4-10(5-3-9)17-14(20)11(16)8-23/h2-5,11-12,23H,6-8,16H2,1H3,(H,17,20)(H,18,19)(H,21,22). The van der Waals surface area contributed by atoms with E-state index in [0.717, 1.165) is 0 Å². The number of hydrogen-bond acceptors (Lipinski definition) is 6. The van der Waals surface area contributed by atoms with Gasteiger partial charge in [-0.1, -0.05) is 0 Å². The Bertz CT molecular complexity index is 581. The number of nitrogens with one attached hydrogen (secondary N) is 2. The van der Waals surface area contributed by atoms with Gasteiger partial charge in [-0.05, 0) is 42.7 Å². The molecular weight excluding hydrogens is 350 g/mol. The van der Waals surface area contributed by atoms with Crippen LogP contribution in [0.4, 0.5) is 5.69 Å². The summed E-state index contributed by atoms with van der Waals surface area (Å²) in [6, 6.07) is 4.46. The third-order valence-electron chi connectivity index (χ3n) is 3.16. The lowest BCUT2D eigenvalue weighted by molar-refractivity contribution is -0.139. The molecule has 2 unspecified atom stereocenters. The lowest BCUT2D eigenvalue weighted by Gasteiger charge is -2.14. The zero-order chi connectivity index (χ0) is 18.1. The van der Waals surface area contributed by atoms with Gasteiger partial charge >= 0.3 is 5.97 Å². The fourth-order valence-corrected chi connectivity index (χ4v) is 2.39. The zero-order valence-corrected chi connectivity index (χ0v) is 14.9. The van der Waals surface area contributed by atoms with Gasteiger partial charge in [-0.2, -0.15) is 24.4 Å². The van der Waals surface area contributed by atoms with E-state index in [0.29, 0.717) is 23.4 Å². The van der Waals surface area contributed by atoms with Crippen molar-refractivity contribution in [2.24, 2.45) is 5.73 Å². The second-order valence-electron chi connectivity index (χ2n) is 5.00. The second-order valence-corrected chi connectivity index (χ2v) is 6.35. The van der Waals surface area contributed by atoms with Gasteiger partial charge in [0.15, 0.2) is 0 Å². The lowest BCUT2D eigenvalue weighted by Crippen LogP contribution is -2.41. The fraction of sp³-hybridized carbons (Fsp3) is 0.400. The first-order valence-corrected chi connectivity index (χ1v) is 9.21. The minimum absolute atomic E-state index is 0.221. The molecule has 1 aromatic carbocycles. The van der Waals surface area contributed by atoms with Crippen molar-refractivity contribution in [2.45, 2.75) is 18.5 Å². The molecule has 0 aliphatic rings. The van der Waals surface area contributed by atoms with Crippen LogP contribution in [0.2, 0.25) is 0 Å². The summed E-state index contributed by atoms with van der Waals surface area (Å²) in [5.41, 5.74) is 6.35. The molecule has 0 radical (unpaired) electrons. The Morgan fingerprint density at radius 2 is 1.92 bits per heavy atom. The minimum Gasteiger partial charge on any atom is -0.480 e. The molecule has 132 valence electrons. The lowest BCUT2D eigenvalue weighted by atomic mass is 10.1. The molecule has 7 nitrogen and oxygen atoms in total. The van der Waals surface area contributed by atoms with Crippen LogP contribution in [0.3, 0.4) is 0 Å². The Labute approximate surface area is 150 Å². The van der Waals surface area contributed by atoms with Crippen LogP contribution in [0.1, 0.15) is 16.8 Å². The number of amides is 2. The molecule has 5 N–H and O–H groups in total. The van der Waals surface area contributed by atoms with Crippen LogP contribution in [0.5, 0.6) is 0 Å². The van der Waals surface area contributed by atoms with Crippen molar-refractivity contribution in [3.8, 4) is 0 Å². The van der Waals surface area contributed by atoms with Crippen LogP contribution in [-0.4, -0.2) is 52.7 Å². The van der Waals surface area contributed by atoms with Gasteiger partial charge in [0.05, 0.1) is 6.04 Å². The molecule has 0 bridgehead atoms. The molecule has 0 saturated carbocycles. The van der Waals surface area contributed by atoms with Crippen molar-refractivity contribution in [2.75, 3.05) is 23.1 Å². The number of carboxylic acid groups (broad SMARTS) is 1. The van der Waals surface area contributed by atoms with E-state index in [4.69, 9.17) is 10.8 Å². The first kappa shape index (κ1) is 20.3. The van der Waals surface area contributed by atoms with Crippen molar-refractivity contribution < 1.29 is 19.5 Å². The van der Waals surface area contributed by atoms with Crippen LogP contribution >= 0.6 is 24.4 Å². The number of aliphatic carboxylic acids is 1. The predicted molar refractivity (Wildman–Crippen MR) is 98.8 cm³/mol. The fourth-order valence-electron chi connectivity index (χ4n) is 1.76. The summed E-state index contributed by atoms with van der Waals surface area (Å²) < 4.78 is 0. The number of benzene rings is 1. The van der Waals surface area contributed by atoms with Crippen molar-refractivity contribution in [1.82, 2.24) is 5.32 Å². The molecule has 24 heavy (non-hydrogen) atoms. The molecule has 2 atom stereocenters. The summed E-state index contributed by atoms with van der Waals surface area (Å²) in [5, 5.41) is 14.2. The van der Waals surface area contributed by atoms with E-state index in [1.54, 1.807) is 12.1 Å². The number of carbonyl (C=O) groups is 3. The smallest absolute Gasteiger partial charge is 0.326 e. The number of thioether (sulfide) groups is 1. The van der Waals surface area contributed by atoms with Crippen LogP contribution in [0, 0.1) is 0 Å². The van der Waals surface area contributed by atoms with Crippen molar-refractivity contribution in [3.63, 3.8) is 0 Å². The minimum atomic E-state index is -1.07. The Morgan fingerprint density at radius 1 is 1.29 bits per heavy atom. The SMILES string of the molecule is CSCCC(NC(=O)c1ccc(NC(=O)C(N)CS)cc1)C(=O)O. The third kappa shape index (κ3) is 6.42. The van der Waals surface area contributed by atoms with E-state index >= 15 is 0 Å². The first-order valence-electron chi connectivity index (χ1n) is 7.19. The van der Waals surface area contributed by atoms with Gasteiger partial charge in [-0.3, -0.25) is 9.59 Å². The highest BCUT2D eigenvalue weighted by Crippen LogP contribution is 2.11. The molecular formula is C15H21N3O4S2. The maximum Gasteiger partial charge on any atom is 0.326 e. The number of anilines is 1. The van der Waals surface area contributed by atoms with Gasteiger partial charge in [0.2, 0.25) is 5.91 Å². The van der Waals surface area contributed by atoms with E-state index < -0.39 is 24.0 Å². The van der Waals surface area contributed by atoms with E-state index in [2.05, 4.69) is 23.3 Å². The average Bonchev–Trinajstić information content (AvgIpc) is 2.57. The van der Waals surface area contributed by atoms with E-state index in [1.807, 2.05) is 6.26 Å². The highest BCUT2D eigenvalue weighted by Gasteiger charge is 2.20. The predicted octanol–water partition coefficient (Wildman–Crippen LogP) is 0.818. The summed E-state index contributed by atoms with van der Waals surface area (Å²) in [6.07, 6.45) is 2.21. The van der Waals surface area contributed by atoms with Crippen LogP contribution in [0.15, 0.2) is 24.3 Å². The number of carboxylic acids is 1. The summed E-state index contributed by atoms with van der Waals surface area (Å²) >= 11 is 5.46. The Balaban J connectivity index is 2.68. The zero-order valence-electron chi connectivity index (χ0n) is 13.2. The van der Waals surface area contributed by atoms with Crippen molar-refractivity contribution in [1.29, 1.82) is 0 Å². The van der Waals surface area contributed by atoms with Gasteiger partial charge in [0, 0.05) is 17.0 Å². The van der Waals surface area contributed by atoms with Crippen LogP contribution < -0.4 is 16.4 Å². The molecule has 1 rings (SSSR count). The monoisotopic (exact) mass is 371 g/mol. The quantitative estimate of drug-likeness (QED) is 0.410. The Hall–Kier alpha value is -1.71. The highest BCUT2D eigenvalue weighted by molar-refractivity contribution is 7.98. The normalized spacial score (nSPS) is 13.0. The molecule has 0 heterocycles. The van der Waals surface area contributed by atoms with Crippen molar-refractivity contribution in [3.05, 3.63) is 29.8 Å². The third-order valence-corrected chi connectivity index (χ3v) is 4.20. The van der Waals surface area contributed by atoms with E-state index in [-0.39, 0.29) is 11.7 Å². The summed E-state index contributed by atoms with van der Waals surface area (Å²) in [6.45, 7) is 0. The summed E-state index contributed by atoms with van der Waals surface area (Å²) in [7, 11) is 0. The number of thiol groups is 1. The Morgan fingerprint density at radius 3 is 2.42 bits per heavy atom. The number of hydrogen-bond donors (Lipinski definition) is 5. The van der Waals surface area contributed by atoms with Crippen LogP contribution in [0.25, 0.3) is 0 Å². The van der Waals surface area contributed by atoms with Gasteiger partial charge in [0.1, 0.15) is 6.04 Å². The Kier molecular flexibility index (Phi) is 8.66. The average molecular weight is 371 g/mol. The maximum absolute atomic E-state index is 12.1. The highest BCUT2D eigenvalue weighted by atomic mass is 32.2. The van der Waals surface area contributed by atoms with Crippen LogP contribution in [-0.2, 0) is 9.59 Å². The molecule has 0 saturated heterocycles. The van der Waals surface area contributed by atoms with E-state index in [1.165, 1.54) is 23.9 Å². The molecule has 0 fully saturated rings. The van der Waals surface area contributed by atoms with E-state index in [9.17, 15) is 14.4 Å². The second kappa shape index (κ2) is 10.2. The summed E-state index contributed by atoms with van der Waals surface area (Å²) in [5.74, 6) is -1.06. The molecule has 1 aromatic rings. The van der Waals surface area contributed by atoms with Gasteiger partial charge in [0.25, 0.3) is 5.91 Å². The molecule has 2 amide bonds. The first-order chi connectivity index (χ1) is 11.4. The maximum atomic E-state index is 12.1. The molecule has 0 spiro atoms. The molecule has 0 aliphatic heterocycles.